The molecule has 1 aromatic heterocycles. The minimum absolute atomic E-state index is 0.0245. The van der Waals surface area contributed by atoms with Gasteiger partial charge in [0.2, 0.25) is 5.91 Å². The van der Waals surface area contributed by atoms with E-state index < -0.39 is 0 Å². The molecular formula is C21H25N3O. The molecule has 1 aliphatic carbocycles. The molecule has 0 bridgehead atoms. The predicted octanol–water partition coefficient (Wildman–Crippen LogP) is 4.63. The number of nitrogens with zero attached hydrogens (tertiary/aromatic N) is 2. The number of aromatic nitrogens is 2. The second-order valence-corrected chi connectivity index (χ2v) is 7.66. The van der Waals surface area contributed by atoms with Crippen molar-refractivity contribution in [1.82, 2.24) is 9.97 Å². The highest BCUT2D eigenvalue weighted by molar-refractivity contribution is 5.96. The molecule has 0 spiro atoms. The van der Waals surface area contributed by atoms with E-state index in [2.05, 4.69) is 49.1 Å². The molecule has 1 saturated carbocycles. The minimum atomic E-state index is 0.0245. The number of hydrogen-bond acceptors (Lipinski definition) is 3. The van der Waals surface area contributed by atoms with Crippen LogP contribution in [0.3, 0.4) is 0 Å². The third-order valence-corrected chi connectivity index (χ3v) is 4.91. The molecule has 1 amide bonds. The minimum Gasteiger partial charge on any atom is -0.326 e. The second-order valence-electron chi connectivity index (χ2n) is 7.66. The summed E-state index contributed by atoms with van der Waals surface area (Å²) in [7, 11) is 0. The molecular weight excluding hydrogens is 310 g/mol. The van der Waals surface area contributed by atoms with Gasteiger partial charge >= 0.3 is 0 Å². The Morgan fingerprint density at radius 2 is 1.84 bits per heavy atom. The fourth-order valence-electron chi connectivity index (χ4n) is 3.36. The monoisotopic (exact) mass is 335 g/mol. The van der Waals surface area contributed by atoms with Crippen molar-refractivity contribution in [2.24, 2.45) is 17.3 Å². The summed E-state index contributed by atoms with van der Waals surface area (Å²) in [5.74, 6) is 1.14. The lowest BCUT2D eigenvalue weighted by molar-refractivity contribution is -0.118. The van der Waals surface area contributed by atoms with Gasteiger partial charge in [0.25, 0.3) is 0 Å². The molecule has 25 heavy (non-hydrogen) atoms. The Balaban J connectivity index is 1.70. The Morgan fingerprint density at radius 1 is 1.16 bits per heavy atom. The van der Waals surface area contributed by atoms with Crippen molar-refractivity contribution in [2.75, 3.05) is 5.32 Å². The van der Waals surface area contributed by atoms with Crippen LogP contribution in [0.2, 0.25) is 0 Å². The van der Waals surface area contributed by atoms with Crippen LogP contribution < -0.4 is 5.32 Å². The summed E-state index contributed by atoms with van der Waals surface area (Å²) in [5.41, 5.74) is 3.96. The maximum absolute atomic E-state index is 12.6. The summed E-state index contributed by atoms with van der Waals surface area (Å²) in [6.07, 6.45) is 3.97. The van der Waals surface area contributed by atoms with E-state index in [1.165, 1.54) is 5.57 Å². The summed E-state index contributed by atoms with van der Waals surface area (Å²) < 4.78 is 0. The zero-order chi connectivity index (χ0) is 18.2. The van der Waals surface area contributed by atoms with Crippen LogP contribution in [0, 0.1) is 24.2 Å². The number of amides is 1. The quantitative estimate of drug-likeness (QED) is 0.829. The summed E-state index contributed by atoms with van der Waals surface area (Å²) >= 11 is 0. The van der Waals surface area contributed by atoms with Gasteiger partial charge in [-0.3, -0.25) is 4.79 Å². The lowest BCUT2D eigenvalue weighted by atomic mass is 10.1. The predicted molar refractivity (Wildman–Crippen MR) is 101 cm³/mol. The molecule has 0 unspecified atom stereocenters. The van der Waals surface area contributed by atoms with Crippen molar-refractivity contribution in [3.8, 4) is 11.4 Å². The lowest BCUT2D eigenvalue weighted by Gasteiger charge is -2.07. The first-order chi connectivity index (χ1) is 11.8. The fourth-order valence-corrected chi connectivity index (χ4v) is 3.36. The molecule has 2 atom stereocenters. The molecule has 0 aliphatic heterocycles. The molecule has 1 heterocycles. The SMILES string of the molecule is CC(C)=C[C@H]1[C@H](C(=O)Nc2ccc(-c3nccc(C)n3)cc2)C1(C)C. The van der Waals surface area contributed by atoms with E-state index in [0.717, 1.165) is 16.9 Å². The number of carbonyl (C=O) groups is 1. The van der Waals surface area contributed by atoms with Crippen molar-refractivity contribution < 1.29 is 4.79 Å². The van der Waals surface area contributed by atoms with Crippen LogP contribution in [0.5, 0.6) is 0 Å². The Bertz CT molecular complexity index is 817. The van der Waals surface area contributed by atoms with E-state index in [0.29, 0.717) is 11.7 Å². The zero-order valence-corrected chi connectivity index (χ0v) is 15.5. The molecule has 0 saturated heterocycles. The van der Waals surface area contributed by atoms with E-state index in [9.17, 15) is 4.79 Å². The highest BCUT2D eigenvalue weighted by Gasteiger charge is 2.60. The molecule has 4 nitrogen and oxygen atoms in total. The summed E-state index contributed by atoms with van der Waals surface area (Å²) in [6, 6.07) is 9.57. The van der Waals surface area contributed by atoms with Gasteiger partial charge in [0.1, 0.15) is 0 Å². The van der Waals surface area contributed by atoms with Crippen LogP contribution in [0.1, 0.15) is 33.4 Å². The Labute approximate surface area is 149 Å². The normalized spacial score (nSPS) is 20.7. The van der Waals surface area contributed by atoms with Gasteiger partial charge in [-0.1, -0.05) is 25.5 Å². The molecule has 4 heteroatoms. The van der Waals surface area contributed by atoms with Gasteiger partial charge in [-0.2, -0.15) is 0 Å². The molecule has 2 aromatic rings. The number of anilines is 1. The first-order valence-corrected chi connectivity index (χ1v) is 8.65. The van der Waals surface area contributed by atoms with Gasteiger partial charge in [0.15, 0.2) is 5.82 Å². The average molecular weight is 335 g/mol. The molecule has 3 rings (SSSR count). The van der Waals surface area contributed by atoms with E-state index in [1.807, 2.05) is 37.3 Å². The molecule has 1 fully saturated rings. The van der Waals surface area contributed by atoms with E-state index in [-0.39, 0.29) is 17.2 Å². The van der Waals surface area contributed by atoms with Gasteiger partial charge < -0.3 is 5.32 Å². The number of benzene rings is 1. The molecule has 0 radical (unpaired) electrons. The van der Waals surface area contributed by atoms with Gasteiger partial charge in [-0.05, 0) is 62.4 Å². The first kappa shape index (κ1) is 17.3. The van der Waals surface area contributed by atoms with Crippen molar-refractivity contribution in [3.05, 3.63) is 53.9 Å². The number of allylic oxidation sites excluding steroid dienone is 2. The Morgan fingerprint density at radius 3 is 2.44 bits per heavy atom. The molecule has 1 N–H and O–H groups in total. The maximum atomic E-state index is 12.6. The zero-order valence-electron chi connectivity index (χ0n) is 15.5. The van der Waals surface area contributed by atoms with Crippen LogP contribution in [-0.4, -0.2) is 15.9 Å². The highest BCUT2D eigenvalue weighted by Crippen LogP contribution is 2.59. The average Bonchev–Trinajstić information content (AvgIpc) is 3.08. The van der Waals surface area contributed by atoms with Crippen LogP contribution in [0.4, 0.5) is 5.69 Å². The first-order valence-electron chi connectivity index (χ1n) is 8.65. The second kappa shape index (κ2) is 6.43. The summed E-state index contributed by atoms with van der Waals surface area (Å²) in [6.45, 7) is 10.4. The van der Waals surface area contributed by atoms with E-state index in [1.54, 1.807) is 6.20 Å². The van der Waals surface area contributed by atoms with Crippen LogP contribution in [-0.2, 0) is 4.79 Å². The van der Waals surface area contributed by atoms with Crippen molar-refractivity contribution in [1.29, 1.82) is 0 Å². The number of carbonyl (C=O) groups excluding carboxylic acids is 1. The van der Waals surface area contributed by atoms with Crippen molar-refractivity contribution in [3.63, 3.8) is 0 Å². The van der Waals surface area contributed by atoms with Crippen LogP contribution in [0.25, 0.3) is 11.4 Å². The summed E-state index contributed by atoms with van der Waals surface area (Å²) in [5, 5.41) is 3.04. The standard InChI is InChI=1S/C21H25N3O/c1-13(2)12-17-18(21(17,4)5)20(25)24-16-8-6-15(7-9-16)19-22-11-10-14(3)23-19/h6-12,17-18H,1-5H3,(H,24,25)/t17-,18+/m0/s1. The molecule has 130 valence electrons. The van der Waals surface area contributed by atoms with Gasteiger partial charge in [0.05, 0.1) is 5.92 Å². The van der Waals surface area contributed by atoms with Crippen molar-refractivity contribution >= 4 is 11.6 Å². The number of rotatable bonds is 4. The Kier molecular flexibility index (Phi) is 4.46. The third kappa shape index (κ3) is 3.63. The van der Waals surface area contributed by atoms with Crippen LogP contribution >= 0.6 is 0 Å². The van der Waals surface area contributed by atoms with E-state index >= 15 is 0 Å². The number of hydrogen-bond donors (Lipinski definition) is 1. The van der Waals surface area contributed by atoms with Gasteiger partial charge in [0, 0.05) is 23.1 Å². The number of nitrogens with one attached hydrogen (secondary N) is 1. The van der Waals surface area contributed by atoms with E-state index in [4.69, 9.17) is 0 Å². The van der Waals surface area contributed by atoms with Crippen molar-refractivity contribution in [2.45, 2.75) is 34.6 Å². The smallest absolute Gasteiger partial charge is 0.228 e. The highest BCUT2D eigenvalue weighted by atomic mass is 16.2. The fraction of sp³-hybridized carbons (Fsp3) is 0.381. The largest absolute Gasteiger partial charge is 0.326 e. The van der Waals surface area contributed by atoms with Gasteiger partial charge in [-0.15, -0.1) is 0 Å². The molecule has 1 aliphatic rings. The Hall–Kier alpha value is -2.49. The van der Waals surface area contributed by atoms with Gasteiger partial charge in [-0.25, -0.2) is 9.97 Å². The summed E-state index contributed by atoms with van der Waals surface area (Å²) in [4.78, 5) is 21.3. The lowest BCUT2D eigenvalue weighted by Crippen LogP contribution is -2.16. The maximum Gasteiger partial charge on any atom is 0.228 e. The topological polar surface area (TPSA) is 54.9 Å². The van der Waals surface area contributed by atoms with Crippen LogP contribution in [0.15, 0.2) is 48.2 Å². The number of aryl methyl sites for hydroxylation is 1. The molecule has 1 aromatic carbocycles. The third-order valence-electron chi connectivity index (χ3n) is 4.91.